The van der Waals surface area contributed by atoms with Crippen LogP contribution in [0.5, 0.6) is 0 Å². The third-order valence-electron chi connectivity index (χ3n) is 1.16. The van der Waals surface area contributed by atoms with Gasteiger partial charge in [0.15, 0.2) is 0 Å². The molecule has 0 aromatic carbocycles. The Balaban J connectivity index is 3.81. The summed E-state index contributed by atoms with van der Waals surface area (Å²) in [5.41, 5.74) is 0. The zero-order valence-corrected chi connectivity index (χ0v) is 8.36. The van der Waals surface area contributed by atoms with Gasteiger partial charge in [0.25, 0.3) is 10.1 Å². The van der Waals surface area contributed by atoms with Crippen LogP contribution in [0.25, 0.3) is 0 Å². The molecule has 0 aliphatic carbocycles. The quantitative estimate of drug-likeness (QED) is 0.521. The van der Waals surface area contributed by atoms with E-state index in [0.717, 1.165) is 12.8 Å². The topological polar surface area (TPSA) is 80.7 Å². The van der Waals surface area contributed by atoms with Gasteiger partial charge in [0, 0.05) is 0 Å². The summed E-state index contributed by atoms with van der Waals surface area (Å²) in [7, 11) is -3.80. The molecular weight excluding hydrogens is 204 g/mol. The summed E-state index contributed by atoms with van der Waals surface area (Å²) < 4.78 is 43.3. The molecule has 0 aromatic rings. The van der Waals surface area contributed by atoms with Gasteiger partial charge in [0.05, 0.1) is 5.75 Å². The van der Waals surface area contributed by atoms with Crippen molar-refractivity contribution in [3.05, 3.63) is 0 Å². The van der Waals surface area contributed by atoms with Crippen LogP contribution in [0.4, 0.5) is 0 Å². The lowest BCUT2D eigenvalue weighted by Gasteiger charge is -1.99. The van der Waals surface area contributed by atoms with Gasteiger partial charge in [-0.2, -0.15) is 12.6 Å². The van der Waals surface area contributed by atoms with Crippen LogP contribution in [0.1, 0.15) is 26.2 Å². The fourth-order valence-electron chi connectivity index (χ4n) is 0.652. The molecule has 0 heterocycles. The van der Waals surface area contributed by atoms with Crippen LogP contribution in [-0.4, -0.2) is 22.9 Å². The molecule has 0 rings (SSSR count). The lowest BCUT2D eigenvalue weighted by Crippen LogP contribution is -2.11. The standard InChI is InChI=1S/C5H12O5S2/c1-2-3-4-5-12(8,9)10-11(6)7/h2-5H2,1H3,(H,6,7). The first-order chi connectivity index (χ1) is 5.48. The van der Waals surface area contributed by atoms with Gasteiger partial charge in [-0.15, -0.1) is 3.63 Å². The smallest absolute Gasteiger partial charge is 0.283 e. The van der Waals surface area contributed by atoms with Crippen molar-refractivity contribution >= 4 is 21.5 Å². The molecule has 0 spiro atoms. The summed E-state index contributed by atoms with van der Waals surface area (Å²) in [6, 6.07) is 0. The molecule has 0 amide bonds. The number of hydrogen-bond donors (Lipinski definition) is 1. The first-order valence-corrected chi connectivity index (χ1v) is 6.12. The average Bonchev–Trinajstić information content (AvgIpc) is 1.84. The highest BCUT2D eigenvalue weighted by atomic mass is 32.3. The van der Waals surface area contributed by atoms with Gasteiger partial charge in [-0.3, -0.25) is 4.55 Å². The third-order valence-corrected chi connectivity index (χ3v) is 3.24. The van der Waals surface area contributed by atoms with Crippen LogP contribution in [0, 0.1) is 0 Å². The van der Waals surface area contributed by atoms with E-state index >= 15 is 0 Å². The highest BCUT2D eigenvalue weighted by molar-refractivity contribution is 7.95. The molecule has 0 fully saturated rings. The lowest BCUT2D eigenvalue weighted by molar-refractivity contribution is 0.441. The Bertz CT molecular complexity index is 232. The normalized spacial score (nSPS) is 14.5. The molecule has 0 bridgehead atoms. The zero-order chi connectivity index (χ0) is 9.61. The molecule has 0 saturated carbocycles. The van der Waals surface area contributed by atoms with E-state index in [1.807, 2.05) is 6.92 Å². The molecule has 0 saturated heterocycles. The maximum absolute atomic E-state index is 10.7. The molecule has 1 atom stereocenters. The summed E-state index contributed by atoms with van der Waals surface area (Å²) in [5.74, 6) is -0.201. The zero-order valence-electron chi connectivity index (χ0n) is 6.73. The van der Waals surface area contributed by atoms with Crippen molar-refractivity contribution in [1.29, 1.82) is 0 Å². The summed E-state index contributed by atoms with van der Waals surface area (Å²) in [6.07, 6.45) is 2.11. The molecule has 0 aliphatic heterocycles. The Morgan fingerprint density at radius 2 is 2.00 bits per heavy atom. The highest BCUT2D eigenvalue weighted by Crippen LogP contribution is 2.02. The maximum Gasteiger partial charge on any atom is 0.317 e. The maximum atomic E-state index is 10.7. The lowest BCUT2D eigenvalue weighted by atomic mass is 10.3. The van der Waals surface area contributed by atoms with Crippen molar-refractivity contribution in [2.75, 3.05) is 5.75 Å². The van der Waals surface area contributed by atoms with E-state index in [1.165, 1.54) is 0 Å². The van der Waals surface area contributed by atoms with Gasteiger partial charge < -0.3 is 0 Å². The average molecular weight is 216 g/mol. The molecule has 7 heteroatoms. The third kappa shape index (κ3) is 6.71. The Morgan fingerprint density at radius 3 is 2.42 bits per heavy atom. The number of rotatable bonds is 6. The molecule has 0 aromatic heterocycles. The second-order valence-corrected chi connectivity index (χ2v) is 4.76. The second-order valence-electron chi connectivity index (χ2n) is 2.25. The Kier molecular flexibility index (Phi) is 5.64. The van der Waals surface area contributed by atoms with Crippen molar-refractivity contribution in [2.24, 2.45) is 0 Å². The molecule has 0 aliphatic rings. The predicted molar refractivity (Wildman–Crippen MR) is 45.2 cm³/mol. The predicted octanol–water partition coefficient (Wildman–Crippen LogP) is 0.660. The van der Waals surface area contributed by atoms with Gasteiger partial charge in [-0.25, -0.2) is 0 Å². The van der Waals surface area contributed by atoms with Gasteiger partial charge in [0.1, 0.15) is 0 Å². The van der Waals surface area contributed by atoms with Crippen molar-refractivity contribution in [2.45, 2.75) is 26.2 Å². The van der Waals surface area contributed by atoms with Crippen LogP contribution < -0.4 is 0 Å². The summed E-state index contributed by atoms with van der Waals surface area (Å²) in [5, 5.41) is 0. The van der Waals surface area contributed by atoms with Gasteiger partial charge in [0.2, 0.25) is 0 Å². The van der Waals surface area contributed by atoms with E-state index in [2.05, 4.69) is 3.63 Å². The second kappa shape index (κ2) is 5.63. The molecule has 5 nitrogen and oxygen atoms in total. The fraction of sp³-hybridized carbons (Fsp3) is 1.00. The molecular formula is C5H12O5S2. The van der Waals surface area contributed by atoms with Crippen LogP contribution in [-0.2, 0) is 25.1 Å². The fourth-order valence-corrected chi connectivity index (χ4v) is 2.19. The SMILES string of the molecule is CCCCCS(=O)(=O)OS(=O)O. The van der Waals surface area contributed by atoms with Crippen molar-refractivity contribution in [1.82, 2.24) is 0 Å². The van der Waals surface area contributed by atoms with E-state index in [1.54, 1.807) is 0 Å². The first-order valence-electron chi connectivity index (χ1n) is 3.51. The molecule has 12 heavy (non-hydrogen) atoms. The van der Waals surface area contributed by atoms with Crippen LogP contribution >= 0.6 is 0 Å². The van der Waals surface area contributed by atoms with Crippen LogP contribution in [0.15, 0.2) is 0 Å². The van der Waals surface area contributed by atoms with Gasteiger partial charge >= 0.3 is 11.4 Å². The van der Waals surface area contributed by atoms with E-state index in [9.17, 15) is 12.6 Å². The Hall–Kier alpha value is 0.0200. The van der Waals surface area contributed by atoms with E-state index < -0.39 is 21.5 Å². The molecule has 1 unspecified atom stereocenters. The van der Waals surface area contributed by atoms with Crippen LogP contribution in [0.3, 0.4) is 0 Å². The highest BCUT2D eigenvalue weighted by Gasteiger charge is 2.13. The van der Waals surface area contributed by atoms with Crippen molar-refractivity contribution in [3.63, 3.8) is 0 Å². The molecule has 74 valence electrons. The Labute approximate surface area is 74.7 Å². The molecule has 0 radical (unpaired) electrons. The minimum atomic E-state index is -3.80. The largest absolute Gasteiger partial charge is 0.317 e. The van der Waals surface area contributed by atoms with E-state index in [0.29, 0.717) is 6.42 Å². The monoisotopic (exact) mass is 216 g/mol. The minimum absolute atomic E-state index is 0.201. The number of hydrogen-bond acceptors (Lipinski definition) is 4. The van der Waals surface area contributed by atoms with Crippen molar-refractivity contribution < 1.29 is 20.8 Å². The summed E-state index contributed by atoms with van der Waals surface area (Å²) in [4.78, 5) is 0. The molecule has 1 N–H and O–H groups in total. The summed E-state index contributed by atoms with van der Waals surface area (Å²) >= 11 is -2.73. The van der Waals surface area contributed by atoms with Crippen molar-refractivity contribution in [3.8, 4) is 0 Å². The number of unbranched alkanes of at least 4 members (excludes halogenated alkanes) is 2. The Morgan fingerprint density at radius 1 is 1.42 bits per heavy atom. The van der Waals surface area contributed by atoms with E-state index in [-0.39, 0.29) is 5.75 Å². The van der Waals surface area contributed by atoms with Gasteiger partial charge in [-0.1, -0.05) is 19.8 Å². The van der Waals surface area contributed by atoms with E-state index in [4.69, 9.17) is 4.55 Å². The minimum Gasteiger partial charge on any atom is -0.283 e. The van der Waals surface area contributed by atoms with Crippen LogP contribution in [0.2, 0.25) is 0 Å². The van der Waals surface area contributed by atoms with Gasteiger partial charge in [-0.05, 0) is 6.42 Å². The first kappa shape index (κ1) is 12.0. The summed E-state index contributed by atoms with van der Waals surface area (Å²) in [6.45, 7) is 1.93.